The number of hydrogen-bond donors (Lipinski definition) is 2. The molecule has 4 nitrogen and oxygen atoms in total. The monoisotopic (exact) mass is 180 g/mol. The Morgan fingerprint density at radius 1 is 1.45 bits per heavy atom. The molecule has 1 fully saturated rings. The zero-order valence-corrected chi connectivity index (χ0v) is 7.13. The molecule has 0 spiro atoms. The van der Waals surface area contributed by atoms with E-state index in [1.807, 2.05) is 0 Å². The first kappa shape index (κ1) is 8.96. The molecule has 0 heterocycles. The van der Waals surface area contributed by atoms with Crippen molar-refractivity contribution in [2.45, 2.75) is 11.7 Å². The second-order valence-electron chi connectivity index (χ2n) is 3.20. The molecule has 2 N–H and O–H groups in total. The lowest BCUT2D eigenvalue weighted by atomic mass is 10.1. The Labute approximate surface area is 65.8 Å². The van der Waals surface area contributed by atoms with Crippen LogP contribution in [0.15, 0.2) is 0 Å². The fourth-order valence-corrected chi connectivity index (χ4v) is 2.99. The maximum absolute atomic E-state index is 10.9. The first-order valence-electron chi connectivity index (χ1n) is 3.37. The SMILES string of the molecule is CS(=O)(=O)[C@H]1CC1(CO)CO. The van der Waals surface area contributed by atoms with Gasteiger partial charge in [-0.3, -0.25) is 0 Å². The molecule has 0 amide bonds. The molecule has 5 heteroatoms. The third-order valence-corrected chi connectivity index (χ3v) is 3.96. The van der Waals surface area contributed by atoms with Gasteiger partial charge in [-0.2, -0.15) is 0 Å². The van der Waals surface area contributed by atoms with Gasteiger partial charge in [-0.1, -0.05) is 0 Å². The molecule has 1 aliphatic carbocycles. The smallest absolute Gasteiger partial charge is 0.151 e. The molecule has 0 aromatic rings. The van der Waals surface area contributed by atoms with E-state index < -0.39 is 20.5 Å². The number of sulfone groups is 1. The molecular weight excluding hydrogens is 168 g/mol. The fraction of sp³-hybridized carbons (Fsp3) is 1.00. The fourth-order valence-electron chi connectivity index (χ4n) is 1.30. The maximum Gasteiger partial charge on any atom is 0.151 e. The van der Waals surface area contributed by atoms with Crippen LogP contribution in [0.1, 0.15) is 6.42 Å². The Morgan fingerprint density at radius 3 is 2.00 bits per heavy atom. The molecule has 11 heavy (non-hydrogen) atoms. The molecule has 66 valence electrons. The van der Waals surface area contributed by atoms with Gasteiger partial charge in [0.25, 0.3) is 0 Å². The zero-order valence-electron chi connectivity index (χ0n) is 6.32. The van der Waals surface area contributed by atoms with Crippen molar-refractivity contribution in [3.05, 3.63) is 0 Å². The average Bonchev–Trinajstić information content (AvgIpc) is 2.61. The molecule has 0 aromatic carbocycles. The van der Waals surface area contributed by atoms with Crippen LogP contribution in [-0.2, 0) is 9.84 Å². The van der Waals surface area contributed by atoms with E-state index >= 15 is 0 Å². The minimum Gasteiger partial charge on any atom is -0.396 e. The van der Waals surface area contributed by atoms with Crippen molar-refractivity contribution in [2.75, 3.05) is 19.5 Å². The average molecular weight is 180 g/mol. The molecule has 1 rings (SSSR count). The van der Waals surface area contributed by atoms with Crippen molar-refractivity contribution in [1.29, 1.82) is 0 Å². The largest absolute Gasteiger partial charge is 0.396 e. The van der Waals surface area contributed by atoms with Crippen LogP contribution >= 0.6 is 0 Å². The summed E-state index contributed by atoms with van der Waals surface area (Å²) in [6.45, 7) is -0.498. The summed E-state index contributed by atoms with van der Waals surface area (Å²) in [4.78, 5) is 0. The van der Waals surface area contributed by atoms with Crippen LogP contribution in [0.5, 0.6) is 0 Å². The van der Waals surface area contributed by atoms with Crippen molar-refractivity contribution in [3.63, 3.8) is 0 Å². The van der Waals surface area contributed by atoms with Gasteiger partial charge in [0, 0.05) is 11.7 Å². The van der Waals surface area contributed by atoms with Crippen molar-refractivity contribution in [1.82, 2.24) is 0 Å². The minimum absolute atomic E-state index is 0.249. The molecular formula is C6H12O4S. The van der Waals surface area contributed by atoms with Gasteiger partial charge >= 0.3 is 0 Å². The predicted octanol–water partition coefficient (Wildman–Crippen LogP) is -1.23. The van der Waals surface area contributed by atoms with Crippen LogP contribution in [0, 0.1) is 5.41 Å². The van der Waals surface area contributed by atoms with E-state index in [0.29, 0.717) is 6.42 Å². The molecule has 1 atom stereocenters. The van der Waals surface area contributed by atoms with E-state index in [4.69, 9.17) is 10.2 Å². The summed E-state index contributed by atoms with van der Waals surface area (Å²) in [5.74, 6) is 0. The molecule has 1 saturated carbocycles. The first-order valence-corrected chi connectivity index (χ1v) is 5.32. The van der Waals surface area contributed by atoms with Crippen LogP contribution in [0.25, 0.3) is 0 Å². The zero-order chi connectivity index (χ0) is 8.70. The summed E-state index contributed by atoms with van der Waals surface area (Å²) < 4.78 is 21.8. The van der Waals surface area contributed by atoms with Crippen LogP contribution in [0.3, 0.4) is 0 Å². The predicted molar refractivity (Wildman–Crippen MR) is 39.9 cm³/mol. The Kier molecular flexibility index (Phi) is 1.98. The third kappa shape index (κ3) is 1.40. The summed E-state index contributed by atoms with van der Waals surface area (Å²) in [5.41, 5.74) is -0.742. The highest BCUT2D eigenvalue weighted by Crippen LogP contribution is 2.49. The minimum atomic E-state index is -3.08. The third-order valence-electron chi connectivity index (χ3n) is 2.26. The Morgan fingerprint density at radius 2 is 1.91 bits per heavy atom. The first-order chi connectivity index (χ1) is 4.96. The number of rotatable bonds is 3. The van der Waals surface area contributed by atoms with E-state index in [1.54, 1.807) is 0 Å². The van der Waals surface area contributed by atoms with Crippen molar-refractivity contribution in [2.24, 2.45) is 5.41 Å². The van der Waals surface area contributed by atoms with Gasteiger partial charge < -0.3 is 10.2 Å². The Hall–Kier alpha value is -0.130. The number of aliphatic hydroxyl groups is 2. The summed E-state index contributed by atoms with van der Waals surface area (Å²) in [7, 11) is -3.08. The van der Waals surface area contributed by atoms with E-state index in [2.05, 4.69) is 0 Å². The summed E-state index contributed by atoms with van der Waals surface area (Å²) in [6, 6.07) is 0. The quantitative estimate of drug-likeness (QED) is 0.570. The van der Waals surface area contributed by atoms with Gasteiger partial charge in [-0.25, -0.2) is 8.42 Å². The van der Waals surface area contributed by atoms with Gasteiger partial charge in [0.05, 0.1) is 18.5 Å². The van der Waals surface area contributed by atoms with Crippen molar-refractivity contribution >= 4 is 9.84 Å². The second-order valence-corrected chi connectivity index (χ2v) is 5.43. The van der Waals surface area contributed by atoms with Crippen LogP contribution < -0.4 is 0 Å². The topological polar surface area (TPSA) is 74.6 Å². The summed E-state index contributed by atoms with van der Waals surface area (Å²) in [5, 5.41) is 17.0. The maximum atomic E-state index is 10.9. The van der Waals surface area contributed by atoms with E-state index in [0.717, 1.165) is 6.26 Å². The Balaban J connectivity index is 2.73. The van der Waals surface area contributed by atoms with E-state index in [-0.39, 0.29) is 13.2 Å². The van der Waals surface area contributed by atoms with Crippen molar-refractivity contribution < 1.29 is 18.6 Å². The lowest BCUT2D eigenvalue weighted by Crippen LogP contribution is -2.21. The standard InChI is InChI=1S/C6H12O4S/c1-11(9,10)5-2-6(5,3-7)4-8/h5,7-8H,2-4H2,1H3/t5-/m0/s1. The van der Waals surface area contributed by atoms with Gasteiger partial charge in [0.15, 0.2) is 9.84 Å². The molecule has 0 radical (unpaired) electrons. The van der Waals surface area contributed by atoms with Crippen LogP contribution in [0.4, 0.5) is 0 Å². The lowest BCUT2D eigenvalue weighted by Gasteiger charge is -2.07. The highest BCUT2D eigenvalue weighted by atomic mass is 32.2. The molecule has 0 unspecified atom stereocenters. The van der Waals surface area contributed by atoms with Crippen LogP contribution in [-0.4, -0.2) is 43.4 Å². The summed E-state index contributed by atoms with van der Waals surface area (Å²) in [6.07, 6.45) is 1.52. The Bertz CT molecular complexity index is 239. The second kappa shape index (κ2) is 2.43. The molecule has 1 aliphatic rings. The van der Waals surface area contributed by atoms with Crippen LogP contribution in [0.2, 0.25) is 0 Å². The molecule has 0 saturated heterocycles. The van der Waals surface area contributed by atoms with Gasteiger partial charge in [0.2, 0.25) is 0 Å². The lowest BCUT2D eigenvalue weighted by molar-refractivity contribution is 0.134. The van der Waals surface area contributed by atoms with E-state index in [1.165, 1.54) is 0 Å². The van der Waals surface area contributed by atoms with Gasteiger partial charge in [0.1, 0.15) is 0 Å². The molecule has 0 aromatic heterocycles. The number of aliphatic hydroxyl groups excluding tert-OH is 2. The summed E-state index contributed by atoms with van der Waals surface area (Å²) >= 11 is 0. The highest BCUT2D eigenvalue weighted by Gasteiger charge is 2.59. The van der Waals surface area contributed by atoms with Crippen molar-refractivity contribution in [3.8, 4) is 0 Å². The number of hydrogen-bond acceptors (Lipinski definition) is 4. The van der Waals surface area contributed by atoms with Gasteiger partial charge in [-0.15, -0.1) is 0 Å². The van der Waals surface area contributed by atoms with Gasteiger partial charge in [-0.05, 0) is 6.42 Å². The molecule has 0 bridgehead atoms. The molecule has 0 aliphatic heterocycles. The highest BCUT2D eigenvalue weighted by molar-refractivity contribution is 7.91. The normalized spacial score (nSPS) is 28.5. The van der Waals surface area contributed by atoms with E-state index in [9.17, 15) is 8.42 Å².